The van der Waals surface area contributed by atoms with Crippen molar-refractivity contribution in [3.05, 3.63) is 56.9 Å². The molecule has 2 fully saturated rings. The molecule has 1 aromatic carbocycles. The van der Waals surface area contributed by atoms with Gasteiger partial charge in [0.2, 0.25) is 17.5 Å². The Labute approximate surface area is 218 Å². The number of hydrogen-bond acceptors (Lipinski definition) is 10. The molecular weight excluding hydrogens is 502 g/mol. The number of morpholine rings is 1. The standard InChI is InChI=1S/C23H28ClN9O4/c24-15-3-1-2-4-17(15)28-23-30-19(22(34)27-7-8-32-9-11-37-12-10-32)20(33(35)36)21(31-23)29-18(26)13-16(25)14-5-6-14/h1-4,13-14H,5-12,25H2,(H,27,34)(H3,26,28,29,30,31)/b16-13-. The van der Waals surface area contributed by atoms with E-state index in [2.05, 4.69) is 30.5 Å². The summed E-state index contributed by atoms with van der Waals surface area (Å²) in [6.07, 6.45) is 3.35. The van der Waals surface area contributed by atoms with Crippen LogP contribution in [-0.2, 0) is 4.74 Å². The van der Waals surface area contributed by atoms with Crippen molar-refractivity contribution in [3.8, 4) is 0 Å². The number of halogens is 1. The van der Waals surface area contributed by atoms with Gasteiger partial charge < -0.3 is 26.8 Å². The lowest BCUT2D eigenvalue weighted by atomic mass is 10.2. The first-order valence-corrected chi connectivity index (χ1v) is 12.2. The molecule has 0 radical (unpaired) electrons. The third-order valence-corrected chi connectivity index (χ3v) is 6.13. The lowest BCUT2D eigenvalue weighted by Crippen LogP contribution is -2.41. The number of para-hydroxylation sites is 1. The molecule has 37 heavy (non-hydrogen) atoms. The minimum atomic E-state index is -0.754. The van der Waals surface area contributed by atoms with Crippen molar-refractivity contribution >= 4 is 46.5 Å². The number of amidine groups is 1. The molecule has 1 saturated carbocycles. The van der Waals surface area contributed by atoms with Crippen LogP contribution in [0.4, 0.5) is 23.1 Å². The van der Waals surface area contributed by atoms with E-state index in [-0.39, 0.29) is 30.1 Å². The summed E-state index contributed by atoms with van der Waals surface area (Å²) in [7, 11) is 0. The number of carbonyl (C=O) groups excluding carboxylic acids is 1. The molecule has 2 aromatic rings. The van der Waals surface area contributed by atoms with Crippen molar-refractivity contribution in [1.82, 2.24) is 20.2 Å². The van der Waals surface area contributed by atoms with E-state index in [0.717, 1.165) is 25.9 Å². The smallest absolute Gasteiger partial charge is 0.345 e. The molecule has 14 heteroatoms. The van der Waals surface area contributed by atoms with Crippen molar-refractivity contribution in [2.24, 2.45) is 22.4 Å². The number of nitrogens with one attached hydrogen (secondary N) is 2. The average molecular weight is 530 g/mol. The van der Waals surface area contributed by atoms with Crippen molar-refractivity contribution in [3.63, 3.8) is 0 Å². The van der Waals surface area contributed by atoms with Gasteiger partial charge in [-0.25, -0.2) is 9.98 Å². The van der Waals surface area contributed by atoms with E-state index in [0.29, 0.717) is 36.2 Å². The number of nitrogens with zero attached hydrogens (tertiary/aromatic N) is 5. The van der Waals surface area contributed by atoms with Crippen LogP contribution in [0.1, 0.15) is 23.3 Å². The molecule has 13 nitrogen and oxygen atoms in total. The quantitative estimate of drug-likeness (QED) is 0.153. The lowest BCUT2D eigenvalue weighted by Gasteiger charge is -2.26. The second-order valence-electron chi connectivity index (χ2n) is 8.60. The van der Waals surface area contributed by atoms with Gasteiger partial charge in [-0.2, -0.15) is 4.98 Å². The van der Waals surface area contributed by atoms with Crippen LogP contribution in [-0.4, -0.2) is 70.9 Å². The minimum absolute atomic E-state index is 0.0754. The first kappa shape index (κ1) is 26.3. The Balaban J connectivity index is 1.66. The fraction of sp³-hybridized carbons (Fsp3) is 0.391. The topological polar surface area (TPSA) is 187 Å². The summed E-state index contributed by atoms with van der Waals surface area (Å²) in [6.45, 7) is 3.53. The summed E-state index contributed by atoms with van der Waals surface area (Å²) >= 11 is 6.23. The van der Waals surface area contributed by atoms with Gasteiger partial charge in [-0.3, -0.25) is 19.8 Å². The number of ether oxygens (including phenoxy) is 1. The lowest BCUT2D eigenvalue weighted by molar-refractivity contribution is -0.384. The number of rotatable bonds is 10. The predicted octanol–water partition coefficient (Wildman–Crippen LogP) is 2.09. The molecule has 1 aliphatic carbocycles. The molecule has 2 aliphatic rings. The van der Waals surface area contributed by atoms with Crippen LogP contribution in [0.5, 0.6) is 0 Å². The van der Waals surface area contributed by atoms with E-state index in [1.165, 1.54) is 6.08 Å². The normalized spacial score (nSPS) is 16.9. The van der Waals surface area contributed by atoms with Gasteiger partial charge in [0.05, 0.1) is 28.8 Å². The van der Waals surface area contributed by atoms with Gasteiger partial charge in [0.1, 0.15) is 5.84 Å². The van der Waals surface area contributed by atoms with Crippen LogP contribution >= 0.6 is 11.6 Å². The van der Waals surface area contributed by atoms with Crippen LogP contribution in [0.2, 0.25) is 5.02 Å². The van der Waals surface area contributed by atoms with E-state index in [1.54, 1.807) is 24.3 Å². The summed E-state index contributed by atoms with van der Waals surface area (Å²) < 4.78 is 5.32. The number of aliphatic imine (C=N–C) groups is 1. The van der Waals surface area contributed by atoms with E-state index in [4.69, 9.17) is 27.8 Å². The average Bonchev–Trinajstić information content (AvgIpc) is 3.71. The van der Waals surface area contributed by atoms with Crippen LogP contribution in [0, 0.1) is 16.0 Å². The molecule has 6 N–H and O–H groups in total. The van der Waals surface area contributed by atoms with E-state index < -0.39 is 22.2 Å². The number of carbonyl (C=O) groups is 1. The maximum absolute atomic E-state index is 13.1. The molecule has 1 amide bonds. The van der Waals surface area contributed by atoms with Crippen LogP contribution < -0.4 is 22.1 Å². The van der Waals surface area contributed by atoms with E-state index in [1.807, 2.05) is 0 Å². The molecule has 196 valence electrons. The summed E-state index contributed by atoms with van der Waals surface area (Å²) in [6, 6.07) is 6.80. The maximum atomic E-state index is 13.1. The van der Waals surface area contributed by atoms with Gasteiger partial charge in [-0.15, -0.1) is 0 Å². The molecular formula is C23H28ClN9O4. The highest BCUT2D eigenvalue weighted by molar-refractivity contribution is 6.33. The number of nitro groups is 1. The number of nitrogens with two attached hydrogens (primary N) is 2. The molecule has 0 atom stereocenters. The number of aromatic nitrogens is 2. The fourth-order valence-electron chi connectivity index (χ4n) is 3.68. The number of benzene rings is 1. The number of hydrogen-bond donors (Lipinski definition) is 4. The first-order chi connectivity index (χ1) is 17.8. The maximum Gasteiger partial charge on any atom is 0.345 e. The fourth-order valence-corrected chi connectivity index (χ4v) is 3.87. The predicted molar refractivity (Wildman–Crippen MR) is 139 cm³/mol. The molecule has 0 spiro atoms. The van der Waals surface area contributed by atoms with Gasteiger partial charge >= 0.3 is 5.69 Å². The van der Waals surface area contributed by atoms with Gasteiger partial charge in [0, 0.05) is 31.9 Å². The Kier molecular flexibility index (Phi) is 8.48. The van der Waals surface area contributed by atoms with E-state index >= 15 is 0 Å². The van der Waals surface area contributed by atoms with Crippen molar-refractivity contribution in [2.75, 3.05) is 44.7 Å². The Morgan fingerprint density at radius 1 is 1.27 bits per heavy atom. The van der Waals surface area contributed by atoms with Gasteiger partial charge in [-0.05, 0) is 37.0 Å². The van der Waals surface area contributed by atoms with Crippen molar-refractivity contribution < 1.29 is 14.5 Å². The molecule has 2 heterocycles. The van der Waals surface area contributed by atoms with Crippen LogP contribution in [0.3, 0.4) is 0 Å². The highest BCUT2D eigenvalue weighted by Crippen LogP contribution is 2.34. The first-order valence-electron chi connectivity index (χ1n) is 11.8. The van der Waals surface area contributed by atoms with Gasteiger partial charge in [0.25, 0.3) is 5.91 Å². The third-order valence-electron chi connectivity index (χ3n) is 5.80. The highest BCUT2D eigenvalue weighted by Gasteiger charge is 2.30. The zero-order valence-corrected chi connectivity index (χ0v) is 20.8. The zero-order chi connectivity index (χ0) is 26.4. The number of anilines is 2. The molecule has 1 aliphatic heterocycles. The highest BCUT2D eigenvalue weighted by atomic mass is 35.5. The molecule has 4 rings (SSSR count). The Bertz CT molecular complexity index is 1230. The molecule has 1 saturated heterocycles. The Morgan fingerprint density at radius 3 is 2.68 bits per heavy atom. The van der Waals surface area contributed by atoms with Crippen molar-refractivity contribution in [2.45, 2.75) is 12.8 Å². The summed E-state index contributed by atoms with van der Waals surface area (Å²) in [5.74, 6) is -1.09. The second-order valence-corrected chi connectivity index (χ2v) is 9.00. The number of amides is 1. The monoisotopic (exact) mass is 529 g/mol. The minimum Gasteiger partial charge on any atom is -0.402 e. The Morgan fingerprint density at radius 2 is 2.00 bits per heavy atom. The van der Waals surface area contributed by atoms with Gasteiger partial charge in [0.15, 0.2) is 0 Å². The number of allylic oxidation sites excluding steroid dienone is 1. The van der Waals surface area contributed by atoms with Crippen LogP contribution in [0.15, 0.2) is 41.0 Å². The van der Waals surface area contributed by atoms with Crippen LogP contribution in [0.25, 0.3) is 0 Å². The molecule has 1 aromatic heterocycles. The zero-order valence-electron chi connectivity index (χ0n) is 20.0. The largest absolute Gasteiger partial charge is 0.402 e. The molecule has 0 unspecified atom stereocenters. The summed E-state index contributed by atoms with van der Waals surface area (Å²) in [5.41, 5.74) is 11.9. The Hall–Kier alpha value is -3.81. The second kappa shape index (κ2) is 12.0. The summed E-state index contributed by atoms with van der Waals surface area (Å²) in [5, 5.41) is 18.0. The van der Waals surface area contributed by atoms with Gasteiger partial charge in [-0.1, -0.05) is 23.7 Å². The molecule has 0 bridgehead atoms. The van der Waals surface area contributed by atoms with Crippen molar-refractivity contribution in [1.29, 1.82) is 0 Å². The SMILES string of the molecule is NC(/C=C(\N)C1CC1)=Nc1nc(Nc2ccccc2Cl)nc(C(=O)NCCN2CCOCC2)c1[N+](=O)[O-]. The summed E-state index contributed by atoms with van der Waals surface area (Å²) in [4.78, 5) is 38.9. The third kappa shape index (κ3) is 7.12. The van der Waals surface area contributed by atoms with E-state index in [9.17, 15) is 14.9 Å².